The van der Waals surface area contributed by atoms with Crippen molar-refractivity contribution < 1.29 is 14.0 Å². The molecule has 1 saturated heterocycles. The first-order valence-electron chi connectivity index (χ1n) is 9.03. The number of amides is 1. The van der Waals surface area contributed by atoms with Gasteiger partial charge in [0, 0.05) is 31.3 Å². The molecule has 6 heteroatoms. The SMILES string of the molecule is CCON1CCC(CC(=O)Nc2cnccc2-c2ccc(F)cc2)CC1. The van der Waals surface area contributed by atoms with Crippen LogP contribution in [-0.2, 0) is 9.63 Å². The number of nitrogens with zero attached hydrogens (tertiary/aromatic N) is 2. The average Bonchev–Trinajstić information content (AvgIpc) is 2.65. The molecule has 0 unspecified atom stereocenters. The van der Waals surface area contributed by atoms with Gasteiger partial charge in [-0.2, -0.15) is 5.06 Å². The van der Waals surface area contributed by atoms with E-state index >= 15 is 0 Å². The maximum absolute atomic E-state index is 13.2. The van der Waals surface area contributed by atoms with Crippen molar-refractivity contribution in [3.05, 3.63) is 48.5 Å². The Morgan fingerprint density at radius 3 is 2.69 bits per heavy atom. The van der Waals surface area contributed by atoms with Gasteiger partial charge in [0.05, 0.1) is 18.5 Å². The van der Waals surface area contributed by atoms with Gasteiger partial charge in [0.25, 0.3) is 0 Å². The number of halogens is 1. The average molecular weight is 357 g/mol. The molecule has 1 fully saturated rings. The topological polar surface area (TPSA) is 54.5 Å². The molecule has 0 radical (unpaired) electrons. The van der Waals surface area contributed by atoms with Gasteiger partial charge in [0.1, 0.15) is 5.82 Å². The van der Waals surface area contributed by atoms with Crippen molar-refractivity contribution in [2.24, 2.45) is 5.92 Å². The van der Waals surface area contributed by atoms with Gasteiger partial charge in [-0.05, 0) is 49.4 Å². The molecule has 5 nitrogen and oxygen atoms in total. The number of benzene rings is 1. The van der Waals surface area contributed by atoms with Gasteiger partial charge in [0.15, 0.2) is 0 Å². The highest BCUT2D eigenvalue weighted by Crippen LogP contribution is 2.28. The second-order valence-corrected chi connectivity index (χ2v) is 6.47. The molecule has 1 amide bonds. The largest absolute Gasteiger partial charge is 0.324 e. The van der Waals surface area contributed by atoms with Gasteiger partial charge in [-0.25, -0.2) is 4.39 Å². The fraction of sp³-hybridized carbons (Fsp3) is 0.400. The number of carbonyl (C=O) groups is 1. The Morgan fingerprint density at radius 2 is 2.00 bits per heavy atom. The predicted molar refractivity (Wildman–Crippen MR) is 98.8 cm³/mol. The molecule has 2 heterocycles. The van der Waals surface area contributed by atoms with Crippen LogP contribution < -0.4 is 5.32 Å². The summed E-state index contributed by atoms with van der Waals surface area (Å²) >= 11 is 0. The summed E-state index contributed by atoms with van der Waals surface area (Å²) in [6.45, 7) is 4.38. The van der Waals surface area contributed by atoms with Crippen molar-refractivity contribution >= 4 is 11.6 Å². The fourth-order valence-corrected chi connectivity index (χ4v) is 3.26. The molecule has 0 spiro atoms. The van der Waals surface area contributed by atoms with Crippen molar-refractivity contribution in [3.8, 4) is 11.1 Å². The molecule has 0 saturated carbocycles. The molecule has 138 valence electrons. The molecule has 1 aliphatic rings. The van der Waals surface area contributed by atoms with Gasteiger partial charge >= 0.3 is 0 Å². The zero-order valence-corrected chi connectivity index (χ0v) is 15.0. The minimum atomic E-state index is -0.285. The number of piperidine rings is 1. The minimum Gasteiger partial charge on any atom is -0.324 e. The van der Waals surface area contributed by atoms with Crippen molar-refractivity contribution in [2.75, 3.05) is 25.0 Å². The zero-order valence-electron chi connectivity index (χ0n) is 15.0. The number of hydrogen-bond donors (Lipinski definition) is 1. The number of aromatic nitrogens is 1. The lowest BCUT2D eigenvalue weighted by molar-refractivity contribution is -0.170. The van der Waals surface area contributed by atoms with Gasteiger partial charge in [-0.1, -0.05) is 12.1 Å². The fourth-order valence-electron chi connectivity index (χ4n) is 3.26. The first-order valence-corrected chi connectivity index (χ1v) is 9.03. The second-order valence-electron chi connectivity index (χ2n) is 6.47. The summed E-state index contributed by atoms with van der Waals surface area (Å²) in [5.41, 5.74) is 2.32. The molecular formula is C20H24FN3O2. The van der Waals surface area contributed by atoms with E-state index in [-0.39, 0.29) is 11.7 Å². The second kappa shape index (κ2) is 8.87. The van der Waals surface area contributed by atoms with Gasteiger partial charge < -0.3 is 5.32 Å². The Bertz CT molecular complexity index is 728. The zero-order chi connectivity index (χ0) is 18.4. The number of carbonyl (C=O) groups excluding carboxylic acids is 1. The molecule has 0 bridgehead atoms. The Labute approximate surface area is 153 Å². The van der Waals surface area contributed by atoms with Crippen molar-refractivity contribution in [2.45, 2.75) is 26.2 Å². The summed E-state index contributed by atoms with van der Waals surface area (Å²) in [6.07, 6.45) is 5.68. The first-order chi connectivity index (χ1) is 12.7. The van der Waals surface area contributed by atoms with Gasteiger partial charge in [0.2, 0.25) is 5.91 Å². The van der Waals surface area contributed by atoms with E-state index in [1.807, 2.05) is 18.1 Å². The van der Waals surface area contributed by atoms with Crippen molar-refractivity contribution in [1.29, 1.82) is 0 Å². The lowest BCUT2D eigenvalue weighted by Gasteiger charge is -2.30. The highest BCUT2D eigenvalue weighted by molar-refractivity contribution is 5.95. The molecule has 1 N–H and O–H groups in total. The molecule has 1 aromatic heterocycles. The van der Waals surface area contributed by atoms with Crippen LogP contribution >= 0.6 is 0 Å². The Morgan fingerprint density at radius 1 is 1.27 bits per heavy atom. The number of pyridine rings is 1. The van der Waals surface area contributed by atoms with Crippen LogP contribution in [0.3, 0.4) is 0 Å². The Balaban J connectivity index is 1.61. The van der Waals surface area contributed by atoms with Crippen LogP contribution in [0, 0.1) is 11.7 Å². The minimum absolute atomic E-state index is 0.0174. The van der Waals surface area contributed by atoms with E-state index in [9.17, 15) is 9.18 Å². The predicted octanol–water partition coefficient (Wildman–Crippen LogP) is 3.88. The van der Waals surface area contributed by atoms with Gasteiger partial charge in [-0.3, -0.25) is 14.6 Å². The summed E-state index contributed by atoms with van der Waals surface area (Å²) in [4.78, 5) is 22.1. The summed E-state index contributed by atoms with van der Waals surface area (Å²) in [5.74, 6) is 0.0562. The lowest BCUT2D eigenvalue weighted by Crippen LogP contribution is -2.35. The van der Waals surface area contributed by atoms with E-state index < -0.39 is 0 Å². The lowest BCUT2D eigenvalue weighted by atomic mass is 9.94. The monoisotopic (exact) mass is 357 g/mol. The van der Waals surface area contributed by atoms with Crippen LogP contribution in [0.5, 0.6) is 0 Å². The van der Waals surface area contributed by atoms with E-state index in [1.54, 1.807) is 24.5 Å². The van der Waals surface area contributed by atoms with E-state index in [2.05, 4.69) is 10.3 Å². The molecule has 2 aromatic rings. The van der Waals surface area contributed by atoms with Crippen molar-refractivity contribution in [1.82, 2.24) is 10.0 Å². The first kappa shape index (κ1) is 18.5. The normalized spacial score (nSPS) is 15.8. The molecule has 0 aliphatic carbocycles. The molecule has 1 aliphatic heterocycles. The molecular weight excluding hydrogens is 333 g/mol. The number of hydroxylamine groups is 2. The number of anilines is 1. The third-order valence-electron chi connectivity index (χ3n) is 4.61. The van der Waals surface area contributed by atoms with Crippen LogP contribution in [0.2, 0.25) is 0 Å². The molecule has 0 atom stereocenters. The Kier molecular flexibility index (Phi) is 6.30. The van der Waals surface area contributed by atoms with Crippen LogP contribution in [0.15, 0.2) is 42.7 Å². The molecule has 1 aromatic carbocycles. The number of rotatable bonds is 6. The summed E-state index contributed by atoms with van der Waals surface area (Å²) < 4.78 is 13.2. The number of hydrogen-bond acceptors (Lipinski definition) is 4. The highest BCUT2D eigenvalue weighted by Gasteiger charge is 2.22. The highest BCUT2D eigenvalue weighted by atomic mass is 19.1. The standard InChI is InChI=1S/C20H24FN3O2/c1-2-26-24-11-8-15(9-12-24)13-20(25)23-19-14-22-10-7-18(19)16-3-5-17(21)6-4-16/h3-7,10,14-15H,2,8-9,11-13H2,1H3,(H,23,25). The van der Waals surface area contributed by atoms with Crippen LogP contribution in [-0.4, -0.2) is 35.7 Å². The third kappa shape index (κ3) is 4.86. The summed E-state index contributed by atoms with van der Waals surface area (Å²) in [5, 5.41) is 4.94. The van der Waals surface area contributed by atoms with E-state index in [0.29, 0.717) is 24.6 Å². The van der Waals surface area contributed by atoms with Gasteiger partial charge in [-0.15, -0.1) is 0 Å². The van der Waals surface area contributed by atoms with E-state index in [4.69, 9.17) is 4.84 Å². The molecule has 3 rings (SSSR count). The van der Waals surface area contributed by atoms with Crippen molar-refractivity contribution in [3.63, 3.8) is 0 Å². The third-order valence-corrected chi connectivity index (χ3v) is 4.61. The van der Waals surface area contributed by atoms with Crippen LogP contribution in [0.4, 0.5) is 10.1 Å². The van der Waals surface area contributed by atoms with Crippen LogP contribution in [0.1, 0.15) is 26.2 Å². The maximum Gasteiger partial charge on any atom is 0.224 e. The summed E-state index contributed by atoms with van der Waals surface area (Å²) in [7, 11) is 0. The number of nitrogens with one attached hydrogen (secondary N) is 1. The Hall–Kier alpha value is -2.31. The molecule has 26 heavy (non-hydrogen) atoms. The quantitative estimate of drug-likeness (QED) is 0.852. The van der Waals surface area contributed by atoms with E-state index in [1.165, 1.54) is 12.1 Å². The van der Waals surface area contributed by atoms with Crippen LogP contribution in [0.25, 0.3) is 11.1 Å². The smallest absolute Gasteiger partial charge is 0.224 e. The maximum atomic E-state index is 13.2. The summed E-state index contributed by atoms with van der Waals surface area (Å²) in [6, 6.07) is 8.04. The van der Waals surface area contributed by atoms with E-state index in [0.717, 1.165) is 37.1 Å².